The van der Waals surface area contributed by atoms with Gasteiger partial charge in [0.1, 0.15) is 6.54 Å². The van der Waals surface area contributed by atoms with E-state index < -0.39 is 0 Å². The molecule has 0 aliphatic heterocycles. The first-order valence-electron chi connectivity index (χ1n) is 6.98. The summed E-state index contributed by atoms with van der Waals surface area (Å²) in [7, 11) is 1.85. The summed E-state index contributed by atoms with van der Waals surface area (Å²) in [5.74, 6) is -0.00935. The Bertz CT molecular complexity index is 377. The molecule has 1 unspecified atom stereocenters. The van der Waals surface area contributed by atoms with Crippen LogP contribution in [0.15, 0.2) is 6.20 Å². The first kappa shape index (κ1) is 15.6. The minimum absolute atomic E-state index is 0.00935. The Morgan fingerprint density at radius 3 is 2.95 bits per heavy atom. The highest BCUT2D eigenvalue weighted by Crippen LogP contribution is 2.02. The van der Waals surface area contributed by atoms with Crippen LogP contribution in [0, 0.1) is 0 Å². The maximum atomic E-state index is 11.8. The van der Waals surface area contributed by atoms with E-state index in [4.69, 9.17) is 0 Å². The Morgan fingerprint density at radius 2 is 2.26 bits per heavy atom. The van der Waals surface area contributed by atoms with Crippen molar-refractivity contribution in [3.05, 3.63) is 11.9 Å². The molecule has 1 aromatic heterocycles. The molecular formula is C13H25N5O. The SMILES string of the molecule is CCCCCC(C)NC(=O)Cn1cc(CNC)nn1. The van der Waals surface area contributed by atoms with E-state index in [-0.39, 0.29) is 18.5 Å². The molecule has 0 radical (unpaired) electrons. The van der Waals surface area contributed by atoms with Gasteiger partial charge in [0.25, 0.3) is 0 Å². The topological polar surface area (TPSA) is 71.8 Å². The Balaban J connectivity index is 2.29. The van der Waals surface area contributed by atoms with Crippen molar-refractivity contribution in [2.24, 2.45) is 0 Å². The molecule has 19 heavy (non-hydrogen) atoms. The number of carbonyl (C=O) groups is 1. The van der Waals surface area contributed by atoms with E-state index in [1.165, 1.54) is 12.8 Å². The van der Waals surface area contributed by atoms with E-state index in [2.05, 4.69) is 27.9 Å². The van der Waals surface area contributed by atoms with E-state index in [1.54, 1.807) is 10.9 Å². The van der Waals surface area contributed by atoms with Gasteiger partial charge >= 0.3 is 0 Å². The number of nitrogens with one attached hydrogen (secondary N) is 2. The predicted molar refractivity (Wildman–Crippen MR) is 74.5 cm³/mol. The highest BCUT2D eigenvalue weighted by molar-refractivity contribution is 5.75. The van der Waals surface area contributed by atoms with Crippen LogP contribution < -0.4 is 10.6 Å². The predicted octanol–water partition coefficient (Wildman–Crippen LogP) is 1.08. The van der Waals surface area contributed by atoms with Crippen LogP contribution in [0.5, 0.6) is 0 Å². The molecule has 108 valence electrons. The number of hydrogen-bond donors (Lipinski definition) is 2. The van der Waals surface area contributed by atoms with Crippen molar-refractivity contribution in [1.29, 1.82) is 0 Å². The monoisotopic (exact) mass is 267 g/mol. The van der Waals surface area contributed by atoms with E-state index in [1.807, 2.05) is 14.0 Å². The molecule has 0 spiro atoms. The van der Waals surface area contributed by atoms with E-state index in [9.17, 15) is 4.79 Å². The van der Waals surface area contributed by atoms with Gasteiger partial charge in [0.15, 0.2) is 0 Å². The lowest BCUT2D eigenvalue weighted by atomic mass is 10.1. The molecule has 1 amide bonds. The van der Waals surface area contributed by atoms with Crippen LogP contribution in [0.4, 0.5) is 0 Å². The summed E-state index contributed by atoms with van der Waals surface area (Å²) >= 11 is 0. The van der Waals surface area contributed by atoms with Crippen LogP contribution in [0.25, 0.3) is 0 Å². The second-order valence-corrected chi connectivity index (χ2v) is 4.90. The third-order valence-corrected chi connectivity index (χ3v) is 2.90. The maximum absolute atomic E-state index is 11.8. The molecule has 0 aromatic carbocycles. The van der Waals surface area contributed by atoms with E-state index in [0.29, 0.717) is 6.54 Å². The normalized spacial score (nSPS) is 12.4. The number of hydrogen-bond acceptors (Lipinski definition) is 4. The summed E-state index contributed by atoms with van der Waals surface area (Å²) < 4.78 is 1.57. The van der Waals surface area contributed by atoms with Gasteiger partial charge in [-0.05, 0) is 20.4 Å². The number of carbonyl (C=O) groups excluding carboxylic acids is 1. The van der Waals surface area contributed by atoms with Crippen molar-refractivity contribution in [3.63, 3.8) is 0 Å². The number of unbranched alkanes of at least 4 members (excludes halogenated alkanes) is 2. The molecule has 0 saturated heterocycles. The third-order valence-electron chi connectivity index (χ3n) is 2.90. The second kappa shape index (κ2) is 8.63. The van der Waals surface area contributed by atoms with Gasteiger partial charge in [-0.1, -0.05) is 31.4 Å². The molecule has 0 aliphatic carbocycles. The van der Waals surface area contributed by atoms with Gasteiger partial charge in [0.05, 0.1) is 11.9 Å². The Morgan fingerprint density at radius 1 is 1.47 bits per heavy atom. The van der Waals surface area contributed by atoms with Crippen molar-refractivity contribution < 1.29 is 4.79 Å². The number of amides is 1. The number of rotatable bonds is 9. The van der Waals surface area contributed by atoms with Gasteiger partial charge in [-0.3, -0.25) is 4.79 Å². The molecule has 0 aliphatic rings. The molecule has 0 fully saturated rings. The molecule has 6 nitrogen and oxygen atoms in total. The standard InChI is InChI=1S/C13H25N5O/c1-4-5-6-7-11(2)15-13(19)10-18-9-12(8-14-3)16-17-18/h9,11,14H,4-8,10H2,1-3H3,(H,15,19). The van der Waals surface area contributed by atoms with Gasteiger partial charge in [0, 0.05) is 12.6 Å². The van der Waals surface area contributed by atoms with Crippen molar-refractivity contribution in [2.75, 3.05) is 7.05 Å². The molecular weight excluding hydrogens is 242 g/mol. The van der Waals surface area contributed by atoms with Crippen molar-refractivity contribution >= 4 is 5.91 Å². The Hall–Kier alpha value is -1.43. The summed E-state index contributed by atoms with van der Waals surface area (Å²) in [6.45, 7) is 5.11. The smallest absolute Gasteiger partial charge is 0.242 e. The fourth-order valence-corrected chi connectivity index (χ4v) is 1.92. The zero-order valence-corrected chi connectivity index (χ0v) is 12.1. The van der Waals surface area contributed by atoms with Crippen LogP contribution in [0.2, 0.25) is 0 Å². The molecule has 1 atom stereocenters. The molecule has 6 heteroatoms. The number of nitrogens with zero attached hydrogens (tertiary/aromatic N) is 3. The Kier molecular flexibility index (Phi) is 7.10. The minimum atomic E-state index is -0.00935. The molecule has 2 N–H and O–H groups in total. The van der Waals surface area contributed by atoms with Crippen LogP contribution in [0.3, 0.4) is 0 Å². The highest BCUT2D eigenvalue weighted by atomic mass is 16.2. The average molecular weight is 267 g/mol. The van der Waals surface area contributed by atoms with Crippen molar-refractivity contribution in [1.82, 2.24) is 25.6 Å². The summed E-state index contributed by atoms with van der Waals surface area (Å²) in [4.78, 5) is 11.8. The van der Waals surface area contributed by atoms with Crippen molar-refractivity contribution in [2.45, 2.75) is 58.7 Å². The first-order chi connectivity index (χ1) is 9.15. The van der Waals surface area contributed by atoms with Crippen LogP contribution >= 0.6 is 0 Å². The lowest BCUT2D eigenvalue weighted by Crippen LogP contribution is -2.35. The number of aromatic nitrogens is 3. The lowest BCUT2D eigenvalue weighted by molar-refractivity contribution is -0.122. The second-order valence-electron chi connectivity index (χ2n) is 4.90. The van der Waals surface area contributed by atoms with Crippen LogP contribution in [-0.2, 0) is 17.9 Å². The van der Waals surface area contributed by atoms with E-state index >= 15 is 0 Å². The summed E-state index contributed by atoms with van der Waals surface area (Å²) in [6, 6.07) is 0.222. The quantitative estimate of drug-likeness (QED) is 0.657. The first-order valence-corrected chi connectivity index (χ1v) is 6.98. The molecule has 1 aromatic rings. The van der Waals surface area contributed by atoms with Crippen LogP contribution in [0.1, 0.15) is 45.2 Å². The maximum Gasteiger partial charge on any atom is 0.242 e. The van der Waals surface area contributed by atoms with Gasteiger partial charge < -0.3 is 10.6 Å². The Labute approximate surface area is 115 Å². The van der Waals surface area contributed by atoms with Crippen molar-refractivity contribution in [3.8, 4) is 0 Å². The van der Waals surface area contributed by atoms with Crippen LogP contribution in [-0.4, -0.2) is 34.0 Å². The summed E-state index contributed by atoms with van der Waals surface area (Å²) in [5.41, 5.74) is 0.839. The van der Waals surface area contributed by atoms with Gasteiger partial charge in [0.2, 0.25) is 5.91 Å². The molecule has 0 bridgehead atoms. The highest BCUT2D eigenvalue weighted by Gasteiger charge is 2.09. The van der Waals surface area contributed by atoms with Gasteiger partial charge in [-0.25, -0.2) is 4.68 Å². The third kappa shape index (κ3) is 6.33. The van der Waals surface area contributed by atoms with E-state index in [0.717, 1.165) is 18.5 Å². The largest absolute Gasteiger partial charge is 0.352 e. The fourth-order valence-electron chi connectivity index (χ4n) is 1.92. The fraction of sp³-hybridized carbons (Fsp3) is 0.769. The molecule has 0 saturated carbocycles. The zero-order valence-electron chi connectivity index (χ0n) is 12.1. The summed E-state index contributed by atoms with van der Waals surface area (Å²) in [6.07, 6.45) is 6.40. The zero-order chi connectivity index (χ0) is 14.1. The van der Waals surface area contributed by atoms with Gasteiger partial charge in [-0.2, -0.15) is 0 Å². The average Bonchev–Trinajstić information content (AvgIpc) is 2.77. The lowest BCUT2D eigenvalue weighted by Gasteiger charge is -2.13. The molecule has 1 heterocycles. The molecule has 1 rings (SSSR count). The van der Waals surface area contributed by atoms with Gasteiger partial charge in [-0.15, -0.1) is 5.10 Å². The minimum Gasteiger partial charge on any atom is -0.352 e. The summed E-state index contributed by atoms with van der Waals surface area (Å²) in [5, 5.41) is 13.9.